The van der Waals surface area contributed by atoms with Crippen LogP contribution in [0.3, 0.4) is 0 Å². The summed E-state index contributed by atoms with van der Waals surface area (Å²) in [6.45, 7) is 2.02. The van der Waals surface area contributed by atoms with Crippen molar-refractivity contribution in [1.82, 2.24) is 10.3 Å². The fourth-order valence-electron chi connectivity index (χ4n) is 1.92. The van der Waals surface area contributed by atoms with Gasteiger partial charge in [-0.3, -0.25) is 9.59 Å². The van der Waals surface area contributed by atoms with Crippen LogP contribution in [-0.4, -0.2) is 28.6 Å². The van der Waals surface area contributed by atoms with Gasteiger partial charge in [0.05, 0.1) is 17.2 Å². The number of rotatable bonds is 4. The van der Waals surface area contributed by atoms with Gasteiger partial charge in [0.1, 0.15) is 0 Å². The minimum absolute atomic E-state index is 0.320. The lowest BCUT2D eigenvalue weighted by molar-refractivity contribution is 0.0947. The number of hydrogen-bond acceptors (Lipinski definition) is 3. The van der Waals surface area contributed by atoms with Gasteiger partial charge in [0.25, 0.3) is 5.91 Å². The van der Waals surface area contributed by atoms with Crippen LogP contribution in [0.5, 0.6) is 0 Å². The van der Waals surface area contributed by atoms with Gasteiger partial charge in [-0.15, -0.1) is 0 Å². The highest BCUT2D eigenvalue weighted by Gasteiger charge is 2.12. The number of pyridine rings is 1. The highest BCUT2D eigenvalue weighted by molar-refractivity contribution is 9.10. The summed E-state index contributed by atoms with van der Waals surface area (Å²) in [5, 5.41) is 12.6. The van der Waals surface area contributed by atoms with E-state index in [1.54, 1.807) is 25.1 Å². The zero-order valence-electron chi connectivity index (χ0n) is 10.9. The maximum Gasteiger partial charge on any atom is 0.252 e. The number of halogens is 1. The highest BCUT2D eigenvalue weighted by atomic mass is 79.9. The van der Waals surface area contributed by atoms with Gasteiger partial charge in [-0.1, -0.05) is 12.1 Å². The second kappa shape index (κ2) is 6.19. The maximum atomic E-state index is 12.1. The number of aliphatic hydroxyl groups is 1. The van der Waals surface area contributed by atoms with Gasteiger partial charge in [0.2, 0.25) is 5.56 Å². The van der Waals surface area contributed by atoms with E-state index in [9.17, 15) is 14.7 Å². The summed E-state index contributed by atoms with van der Waals surface area (Å²) in [5.41, 5.74) is 0.599. The van der Waals surface area contributed by atoms with Crippen LogP contribution >= 0.6 is 15.9 Å². The Morgan fingerprint density at radius 2 is 2.25 bits per heavy atom. The largest absolute Gasteiger partial charge is 0.393 e. The van der Waals surface area contributed by atoms with E-state index in [1.165, 1.54) is 6.07 Å². The Bertz CT molecular complexity index is 694. The van der Waals surface area contributed by atoms with E-state index >= 15 is 0 Å². The van der Waals surface area contributed by atoms with Gasteiger partial charge in [-0.05, 0) is 35.3 Å². The van der Waals surface area contributed by atoms with Crippen molar-refractivity contribution >= 4 is 32.7 Å². The third kappa shape index (κ3) is 3.26. The van der Waals surface area contributed by atoms with Crippen LogP contribution in [0.1, 0.15) is 23.7 Å². The molecule has 2 aromatic rings. The number of H-pyrrole nitrogens is 1. The van der Waals surface area contributed by atoms with Crippen molar-refractivity contribution in [2.45, 2.75) is 19.4 Å². The zero-order chi connectivity index (χ0) is 14.7. The van der Waals surface area contributed by atoms with Gasteiger partial charge >= 0.3 is 0 Å². The maximum absolute atomic E-state index is 12.1. The molecule has 1 aromatic heterocycles. The summed E-state index contributed by atoms with van der Waals surface area (Å²) in [4.78, 5) is 26.5. The van der Waals surface area contributed by atoms with Crippen LogP contribution < -0.4 is 10.9 Å². The number of nitrogens with one attached hydrogen (secondary N) is 2. The molecule has 0 fully saturated rings. The van der Waals surface area contributed by atoms with Crippen molar-refractivity contribution in [3.63, 3.8) is 0 Å². The van der Waals surface area contributed by atoms with E-state index in [0.717, 1.165) is 4.47 Å². The predicted octanol–water partition coefficient (Wildman–Crippen LogP) is 1.79. The number of aromatic amines is 1. The SMILES string of the molecule is CC(O)CCNC(=O)c1cc(=O)[nH]c2c(Br)cccc12. The number of hydrogen-bond donors (Lipinski definition) is 3. The van der Waals surface area contributed by atoms with Crippen molar-refractivity contribution in [3.05, 3.63) is 44.7 Å². The summed E-state index contributed by atoms with van der Waals surface area (Å²) in [5.74, 6) is -0.320. The Kier molecular flexibility index (Phi) is 4.57. The van der Waals surface area contributed by atoms with Crippen LogP contribution in [-0.2, 0) is 0 Å². The Hall–Kier alpha value is -1.66. The second-order valence-electron chi connectivity index (χ2n) is 4.60. The van der Waals surface area contributed by atoms with E-state index in [2.05, 4.69) is 26.2 Å². The van der Waals surface area contributed by atoms with Crippen molar-refractivity contribution in [3.8, 4) is 0 Å². The Morgan fingerprint density at radius 1 is 1.50 bits per heavy atom. The van der Waals surface area contributed by atoms with E-state index in [0.29, 0.717) is 29.4 Å². The van der Waals surface area contributed by atoms with Crippen LogP contribution in [0.2, 0.25) is 0 Å². The number of carbonyl (C=O) groups excluding carboxylic acids is 1. The standard InChI is InChI=1S/C14H15BrN2O3/c1-8(18)5-6-16-14(20)10-7-12(19)17-13-9(10)3-2-4-11(13)15/h2-4,7-8,18H,5-6H2,1H3,(H,16,20)(H,17,19). The molecule has 0 saturated heterocycles. The van der Waals surface area contributed by atoms with E-state index in [1.807, 2.05) is 0 Å². The average Bonchev–Trinajstić information content (AvgIpc) is 2.38. The van der Waals surface area contributed by atoms with Crippen LogP contribution in [0, 0.1) is 0 Å². The second-order valence-corrected chi connectivity index (χ2v) is 5.46. The molecule has 3 N–H and O–H groups in total. The Labute approximate surface area is 124 Å². The number of amides is 1. The number of benzene rings is 1. The van der Waals surface area contributed by atoms with Crippen molar-refractivity contribution < 1.29 is 9.90 Å². The molecule has 5 nitrogen and oxygen atoms in total. The monoisotopic (exact) mass is 338 g/mol. The third-order valence-electron chi connectivity index (χ3n) is 2.92. The highest BCUT2D eigenvalue weighted by Crippen LogP contribution is 2.23. The van der Waals surface area contributed by atoms with E-state index in [-0.39, 0.29) is 11.5 Å². The van der Waals surface area contributed by atoms with E-state index < -0.39 is 6.10 Å². The van der Waals surface area contributed by atoms with E-state index in [4.69, 9.17) is 0 Å². The molecular weight excluding hydrogens is 324 g/mol. The third-order valence-corrected chi connectivity index (χ3v) is 3.58. The van der Waals surface area contributed by atoms with Crippen LogP contribution in [0.25, 0.3) is 10.9 Å². The molecule has 1 amide bonds. The minimum Gasteiger partial charge on any atom is -0.393 e. The first-order valence-electron chi connectivity index (χ1n) is 6.27. The van der Waals surface area contributed by atoms with Crippen LogP contribution in [0.15, 0.2) is 33.5 Å². The van der Waals surface area contributed by atoms with Gasteiger partial charge in [-0.2, -0.15) is 0 Å². The fourth-order valence-corrected chi connectivity index (χ4v) is 2.39. The van der Waals surface area contributed by atoms with Gasteiger partial charge in [0.15, 0.2) is 0 Å². The number of para-hydroxylation sites is 1. The summed E-state index contributed by atoms with van der Waals surface area (Å²) < 4.78 is 0.728. The molecule has 0 saturated carbocycles. The predicted molar refractivity (Wildman–Crippen MR) is 80.9 cm³/mol. The Morgan fingerprint density at radius 3 is 2.95 bits per heavy atom. The molecule has 0 radical (unpaired) electrons. The molecule has 1 heterocycles. The molecule has 0 aliphatic heterocycles. The molecule has 1 unspecified atom stereocenters. The summed E-state index contributed by atoms with van der Waals surface area (Å²) in [6.07, 6.45) is -0.00308. The molecule has 1 aromatic carbocycles. The summed E-state index contributed by atoms with van der Waals surface area (Å²) >= 11 is 3.35. The van der Waals surface area contributed by atoms with Crippen LogP contribution in [0.4, 0.5) is 0 Å². The molecule has 0 bridgehead atoms. The smallest absolute Gasteiger partial charge is 0.252 e. The quantitative estimate of drug-likeness (QED) is 0.794. The number of fused-ring (bicyclic) bond motifs is 1. The lowest BCUT2D eigenvalue weighted by atomic mass is 10.1. The molecular formula is C14H15BrN2O3. The molecule has 0 spiro atoms. The summed E-state index contributed by atoms with van der Waals surface area (Å²) in [7, 11) is 0. The van der Waals surface area contributed by atoms with Gasteiger partial charge in [-0.25, -0.2) is 0 Å². The van der Waals surface area contributed by atoms with Gasteiger partial charge in [0, 0.05) is 22.5 Å². The fraction of sp³-hybridized carbons (Fsp3) is 0.286. The number of carbonyl (C=O) groups is 1. The summed E-state index contributed by atoms with van der Waals surface area (Å²) in [6, 6.07) is 6.66. The molecule has 20 heavy (non-hydrogen) atoms. The lowest BCUT2D eigenvalue weighted by Gasteiger charge is -2.09. The van der Waals surface area contributed by atoms with Crippen molar-refractivity contribution in [1.29, 1.82) is 0 Å². The topological polar surface area (TPSA) is 82.2 Å². The van der Waals surface area contributed by atoms with Crippen molar-refractivity contribution in [2.24, 2.45) is 0 Å². The first kappa shape index (κ1) is 14.7. The minimum atomic E-state index is -0.472. The van der Waals surface area contributed by atoms with Crippen molar-refractivity contribution in [2.75, 3.05) is 6.54 Å². The Balaban J connectivity index is 2.36. The van der Waals surface area contributed by atoms with Gasteiger partial charge < -0.3 is 15.4 Å². The molecule has 106 valence electrons. The number of aliphatic hydroxyl groups excluding tert-OH is 1. The first-order chi connectivity index (χ1) is 9.49. The molecule has 1 atom stereocenters. The average molecular weight is 339 g/mol. The zero-order valence-corrected chi connectivity index (χ0v) is 12.5. The normalized spacial score (nSPS) is 12.3. The first-order valence-corrected chi connectivity index (χ1v) is 7.06. The molecule has 2 rings (SSSR count). The number of aromatic nitrogens is 1. The molecule has 6 heteroatoms. The molecule has 0 aliphatic rings. The molecule has 0 aliphatic carbocycles. The lowest BCUT2D eigenvalue weighted by Crippen LogP contribution is -2.27.